The van der Waals surface area contributed by atoms with Gasteiger partial charge in [0.1, 0.15) is 0 Å². The van der Waals surface area contributed by atoms with Crippen LogP contribution in [-0.2, 0) is 0 Å². The molecule has 1 aromatic carbocycles. The lowest BCUT2D eigenvalue weighted by Crippen LogP contribution is -1.99. The molecule has 0 fully saturated rings. The maximum Gasteiger partial charge on any atom is 0.0431 e. The first-order chi connectivity index (χ1) is 6.81. The molecule has 0 aliphatic heterocycles. The van der Waals surface area contributed by atoms with Crippen LogP contribution in [0, 0.1) is 6.92 Å². The van der Waals surface area contributed by atoms with Crippen molar-refractivity contribution in [3.63, 3.8) is 0 Å². The highest BCUT2D eigenvalue weighted by molar-refractivity contribution is 7.17. The number of anilines is 1. The molecule has 0 aliphatic carbocycles. The van der Waals surface area contributed by atoms with E-state index in [-0.39, 0.29) is 0 Å². The fraction of sp³-hybridized carbons (Fsp3) is 0.333. The summed E-state index contributed by atoms with van der Waals surface area (Å²) in [4.78, 5) is 0. The smallest absolute Gasteiger partial charge is 0.0431 e. The molecule has 0 spiro atoms. The first-order valence-electron chi connectivity index (χ1n) is 5.03. The topological polar surface area (TPSA) is 12.0 Å². The first-order valence-corrected chi connectivity index (χ1v) is 5.91. The Morgan fingerprint density at radius 1 is 1.36 bits per heavy atom. The van der Waals surface area contributed by atoms with Gasteiger partial charge in [-0.25, -0.2) is 0 Å². The van der Waals surface area contributed by atoms with Gasteiger partial charge in [0.15, 0.2) is 0 Å². The zero-order chi connectivity index (χ0) is 9.97. The Bertz CT molecular complexity index is 431. The summed E-state index contributed by atoms with van der Waals surface area (Å²) in [6.45, 7) is 5.39. The SMILES string of the molecule is CCCNc1cc(C)cc2sccc12. The molecule has 1 aromatic heterocycles. The van der Waals surface area contributed by atoms with E-state index in [0.29, 0.717) is 0 Å². The average molecular weight is 205 g/mol. The van der Waals surface area contributed by atoms with Crippen molar-refractivity contribution < 1.29 is 0 Å². The Balaban J connectivity index is 2.44. The molecule has 14 heavy (non-hydrogen) atoms. The maximum atomic E-state index is 3.47. The summed E-state index contributed by atoms with van der Waals surface area (Å²) in [7, 11) is 0. The lowest BCUT2D eigenvalue weighted by atomic mass is 10.1. The van der Waals surface area contributed by atoms with Crippen LogP contribution in [0.3, 0.4) is 0 Å². The van der Waals surface area contributed by atoms with Gasteiger partial charge >= 0.3 is 0 Å². The highest BCUT2D eigenvalue weighted by atomic mass is 32.1. The van der Waals surface area contributed by atoms with Gasteiger partial charge in [0.2, 0.25) is 0 Å². The fourth-order valence-electron chi connectivity index (χ4n) is 1.62. The minimum Gasteiger partial charge on any atom is -0.385 e. The van der Waals surface area contributed by atoms with Crippen molar-refractivity contribution >= 4 is 27.1 Å². The van der Waals surface area contributed by atoms with Crippen LogP contribution in [0.1, 0.15) is 18.9 Å². The molecule has 0 radical (unpaired) electrons. The van der Waals surface area contributed by atoms with Gasteiger partial charge in [-0.2, -0.15) is 0 Å². The molecule has 0 atom stereocenters. The van der Waals surface area contributed by atoms with Gasteiger partial charge in [0.05, 0.1) is 0 Å². The van der Waals surface area contributed by atoms with Crippen molar-refractivity contribution in [2.24, 2.45) is 0 Å². The number of nitrogens with one attached hydrogen (secondary N) is 1. The molecule has 1 nitrogen and oxygen atoms in total. The second-order valence-corrected chi connectivity index (χ2v) is 4.52. The van der Waals surface area contributed by atoms with Gasteiger partial charge in [-0.1, -0.05) is 6.92 Å². The Hall–Kier alpha value is -1.02. The Morgan fingerprint density at radius 3 is 3.00 bits per heavy atom. The van der Waals surface area contributed by atoms with E-state index >= 15 is 0 Å². The van der Waals surface area contributed by atoms with Crippen molar-refractivity contribution in [2.75, 3.05) is 11.9 Å². The summed E-state index contributed by atoms with van der Waals surface area (Å²) in [5.74, 6) is 0. The molecular weight excluding hydrogens is 190 g/mol. The summed E-state index contributed by atoms with van der Waals surface area (Å²) >= 11 is 1.81. The molecule has 2 heteroatoms. The van der Waals surface area contributed by atoms with Crippen LogP contribution in [-0.4, -0.2) is 6.54 Å². The van der Waals surface area contributed by atoms with Crippen LogP contribution < -0.4 is 5.32 Å². The molecule has 0 unspecified atom stereocenters. The average Bonchev–Trinajstić information content (AvgIpc) is 2.61. The largest absolute Gasteiger partial charge is 0.385 e. The molecule has 0 aliphatic rings. The predicted octanol–water partition coefficient (Wildman–Crippen LogP) is 4.03. The lowest BCUT2D eigenvalue weighted by molar-refractivity contribution is 0.981. The summed E-state index contributed by atoms with van der Waals surface area (Å²) in [6.07, 6.45) is 1.17. The van der Waals surface area contributed by atoms with Gasteiger partial charge in [-0.15, -0.1) is 11.3 Å². The zero-order valence-corrected chi connectivity index (χ0v) is 9.45. The number of hydrogen-bond donors (Lipinski definition) is 1. The van der Waals surface area contributed by atoms with Crippen LogP contribution >= 0.6 is 11.3 Å². The third kappa shape index (κ3) is 1.75. The van der Waals surface area contributed by atoms with E-state index in [1.807, 2.05) is 11.3 Å². The van der Waals surface area contributed by atoms with Crippen LogP contribution in [0.2, 0.25) is 0 Å². The highest BCUT2D eigenvalue weighted by Crippen LogP contribution is 2.29. The minimum atomic E-state index is 1.05. The van der Waals surface area contributed by atoms with E-state index in [2.05, 4.69) is 42.7 Å². The van der Waals surface area contributed by atoms with E-state index in [1.165, 1.54) is 27.8 Å². The van der Waals surface area contributed by atoms with Crippen molar-refractivity contribution in [1.29, 1.82) is 0 Å². The normalized spacial score (nSPS) is 10.7. The number of thiophene rings is 1. The first kappa shape index (κ1) is 9.53. The summed E-state index contributed by atoms with van der Waals surface area (Å²) in [6, 6.07) is 6.67. The molecule has 1 heterocycles. The van der Waals surface area contributed by atoms with E-state index < -0.39 is 0 Å². The molecule has 0 bridgehead atoms. The molecule has 2 rings (SSSR count). The van der Waals surface area contributed by atoms with Gasteiger partial charge in [0.25, 0.3) is 0 Å². The number of hydrogen-bond acceptors (Lipinski definition) is 2. The third-order valence-electron chi connectivity index (χ3n) is 2.28. The number of benzene rings is 1. The Morgan fingerprint density at radius 2 is 2.21 bits per heavy atom. The molecule has 0 amide bonds. The standard InChI is InChI=1S/C12H15NS/c1-3-5-13-11-7-9(2)8-12-10(11)4-6-14-12/h4,6-8,13H,3,5H2,1-2H3. The van der Waals surface area contributed by atoms with E-state index in [0.717, 1.165) is 6.54 Å². The number of fused-ring (bicyclic) bond motifs is 1. The van der Waals surface area contributed by atoms with Crippen LogP contribution in [0.5, 0.6) is 0 Å². The van der Waals surface area contributed by atoms with Gasteiger partial charge in [0, 0.05) is 22.3 Å². The van der Waals surface area contributed by atoms with Crippen LogP contribution in [0.25, 0.3) is 10.1 Å². The summed E-state index contributed by atoms with van der Waals surface area (Å²) in [5.41, 5.74) is 2.61. The number of rotatable bonds is 3. The Labute approximate surface area is 88.8 Å². The molecule has 74 valence electrons. The summed E-state index contributed by atoms with van der Waals surface area (Å²) in [5, 5.41) is 6.98. The van der Waals surface area contributed by atoms with Gasteiger partial charge < -0.3 is 5.32 Å². The molecule has 2 aromatic rings. The second-order valence-electron chi connectivity index (χ2n) is 3.57. The van der Waals surface area contributed by atoms with Crippen LogP contribution in [0.4, 0.5) is 5.69 Å². The van der Waals surface area contributed by atoms with Crippen molar-refractivity contribution in [3.8, 4) is 0 Å². The highest BCUT2D eigenvalue weighted by Gasteiger charge is 2.02. The van der Waals surface area contributed by atoms with E-state index in [1.54, 1.807) is 0 Å². The second kappa shape index (κ2) is 4.01. The molecule has 1 N–H and O–H groups in total. The van der Waals surface area contributed by atoms with Crippen molar-refractivity contribution in [1.82, 2.24) is 0 Å². The minimum absolute atomic E-state index is 1.05. The maximum absolute atomic E-state index is 3.47. The lowest BCUT2D eigenvalue weighted by Gasteiger charge is -2.07. The van der Waals surface area contributed by atoms with E-state index in [4.69, 9.17) is 0 Å². The fourth-order valence-corrected chi connectivity index (χ4v) is 2.52. The van der Waals surface area contributed by atoms with Crippen molar-refractivity contribution in [3.05, 3.63) is 29.1 Å². The monoisotopic (exact) mass is 205 g/mol. The quantitative estimate of drug-likeness (QED) is 0.797. The third-order valence-corrected chi connectivity index (χ3v) is 3.15. The summed E-state index contributed by atoms with van der Waals surface area (Å²) < 4.78 is 1.38. The molecule has 0 saturated carbocycles. The molecule has 0 saturated heterocycles. The number of aryl methyl sites for hydroxylation is 1. The Kier molecular flexibility index (Phi) is 2.73. The predicted molar refractivity (Wildman–Crippen MR) is 65.3 cm³/mol. The zero-order valence-electron chi connectivity index (χ0n) is 8.63. The van der Waals surface area contributed by atoms with Gasteiger partial charge in [-0.3, -0.25) is 0 Å². The van der Waals surface area contributed by atoms with Crippen molar-refractivity contribution in [2.45, 2.75) is 20.3 Å². The molecular formula is C12H15NS. The van der Waals surface area contributed by atoms with Crippen LogP contribution in [0.15, 0.2) is 23.6 Å². The van der Waals surface area contributed by atoms with E-state index in [9.17, 15) is 0 Å². The van der Waals surface area contributed by atoms with Gasteiger partial charge in [-0.05, 0) is 42.5 Å².